The lowest BCUT2D eigenvalue weighted by atomic mass is 10.0. The first-order valence-corrected chi connectivity index (χ1v) is 3.45. The van der Waals surface area contributed by atoms with Crippen molar-refractivity contribution >= 4 is 6.08 Å². The molecule has 0 saturated heterocycles. The first-order chi connectivity index (χ1) is 5.83. The number of terminal acetylenes is 1. The minimum Gasteiger partial charge on any atom is -0.192 e. The van der Waals surface area contributed by atoms with Crippen LogP contribution < -0.4 is 0 Å². The molecule has 0 N–H and O–H groups in total. The zero-order valence-electron chi connectivity index (χ0n) is 6.54. The maximum absolute atomic E-state index is 8.77. The first-order valence-electron chi connectivity index (χ1n) is 3.45. The van der Waals surface area contributed by atoms with Gasteiger partial charge in [-0.3, -0.25) is 0 Å². The lowest BCUT2D eigenvalue weighted by Gasteiger charge is -1.98. The molecule has 0 unspecified atom stereocenters. The van der Waals surface area contributed by atoms with Gasteiger partial charge in [-0.15, -0.1) is 6.42 Å². The van der Waals surface area contributed by atoms with Crippen molar-refractivity contribution in [1.82, 2.24) is 0 Å². The smallest absolute Gasteiger partial charge is 0.101 e. The zero-order chi connectivity index (χ0) is 8.97. The summed E-state index contributed by atoms with van der Waals surface area (Å²) < 4.78 is 0. The van der Waals surface area contributed by atoms with E-state index in [0.717, 1.165) is 5.56 Å². The fraction of sp³-hybridized carbons (Fsp3) is 0. The lowest BCUT2D eigenvalue weighted by molar-refractivity contribution is 1.45. The van der Waals surface area contributed by atoms with Crippen molar-refractivity contribution in [3.05, 3.63) is 41.5 Å². The fourth-order valence-electron chi connectivity index (χ4n) is 0.985. The summed E-state index contributed by atoms with van der Waals surface area (Å²) in [5.41, 5.74) is 1.93. The summed E-state index contributed by atoms with van der Waals surface area (Å²) in [5, 5.41) is 8.77. The minimum absolute atomic E-state index is 0.523. The highest BCUT2D eigenvalue weighted by Crippen LogP contribution is 2.13. The van der Waals surface area contributed by atoms with E-state index in [1.807, 2.05) is 12.1 Å². The molecule has 1 aromatic carbocycles. The minimum atomic E-state index is 0.523. The topological polar surface area (TPSA) is 23.8 Å². The second kappa shape index (κ2) is 3.42. The summed E-state index contributed by atoms with van der Waals surface area (Å²) in [4.78, 5) is 0. The van der Waals surface area contributed by atoms with Crippen LogP contribution in [0.15, 0.2) is 24.8 Å². The van der Waals surface area contributed by atoms with Crippen molar-refractivity contribution in [1.29, 1.82) is 5.26 Å². The van der Waals surface area contributed by atoms with Gasteiger partial charge in [-0.05, 0) is 11.6 Å². The third-order valence-corrected chi connectivity index (χ3v) is 1.58. The molecule has 1 rings (SSSR count). The van der Waals surface area contributed by atoms with Gasteiger partial charge in [0.1, 0.15) is 6.07 Å². The highest BCUT2D eigenvalue weighted by atomic mass is 14.2. The molecule has 0 fully saturated rings. The van der Waals surface area contributed by atoms with Crippen LogP contribution in [0.1, 0.15) is 16.7 Å². The van der Waals surface area contributed by atoms with Gasteiger partial charge >= 0.3 is 0 Å². The third kappa shape index (κ3) is 1.21. The Morgan fingerprint density at radius 2 is 2.25 bits per heavy atom. The number of hydrogen-bond donors (Lipinski definition) is 0. The summed E-state index contributed by atoms with van der Waals surface area (Å²) in [7, 11) is 0. The lowest BCUT2D eigenvalue weighted by Crippen LogP contribution is -1.86. The zero-order valence-corrected chi connectivity index (χ0v) is 6.54. The highest BCUT2D eigenvalue weighted by Gasteiger charge is 2.01. The average molecular weight is 153 g/mol. The second-order valence-corrected chi connectivity index (χ2v) is 2.23. The van der Waals surface area contributed by atoms with E-state index < -0.39 is 0 Å². The number of hydrogen-bond acceptors (Lipinski definition) is 1. The van der Waals surface area contributed by atoms with Crippen molar-refractivity contribution in [3.63, 3.8) is 0 Å². The van der Waals surface area contributed by atoms with Crippen molar-refractivity contribution in [2.24, 2.45) is 0 Å². The van der Waals surface area contributed by atoms with E-state index in [-0.39, 0.29) is 0 Å². The van der Waals surface area contributed by atoms with E-state index in [4.69, 9.17) is 11.7 Å². The van der Waals surface area contributed by atoms with Crippen LogP contribution in [-0.4, -0.2) is 0 Å². The molecule has 0 aliphatic rings. The Morgan fingerprint density at radius 3 is 2.75 bits per heavy atom. The predicted octanol–water partition coefficient (Wildman–Crippen LogP) is 2.18. The van der Waals surface area contributed by atoms with Crippen LogP contribution in [0.25, 0.3) is 6.08 Å². The summed E-state index contributed by atoms with van der Waals surface area (Å²) in [6, 6.07) is 7.42. The average Bonchev–Trinajstić information content (AvgIpc) is 2.16. The first kappa shape index (κ1) is 8.11. The molecule has 0 bridgehead atoms. The van der Waals surface area contributed by atoms with Gasteiger partial charge in [0.05, 0.1) is 5.56 Å². The molecular formula is C11H7N. The van der Waals surface area contributed by atoms with E-state index >= 15 is 0 Å². The van der Waals surface area contributed by atoms with E-state index in [2.05, 4.69) is 18.6 Å². The summed E-state index contributed by atoms with van der Waals surface area (Å²) in [6.07, 6.45) is 6.84. The van der Waals surface area contributed by atoms with Gasteiger partial charge in [0.2, 0.25) is 0 Å². The Balaban J connectivity index is 3.47. The Bertz CT molecular complexity index is 388. The Morgan fingerprint density at radius 1 is 1.50 bits per heavy atom. The SMILES string of the molecule is C#Cc1cccc(C=C)c1C#N. The molecular weight excluding hydrogens is 146 g/mol. The van der Waals surface area contributed by atoms with Crippen LogP contribution in [0, 0.1) is 23.7 Å². The quantitative estimate of drug-likeness (QED) is 0.567. The summed E-state index contributed by atoms with van der Waals surface area (Å²) >= 11 is 0. The number of nitrogens with zero attached hydrogens (tertiary/aromatic N) is 1. The van der Waals surface area contributed by atoms with Crippen molar-refractivity contribution < 1.29 is 0 Å². The molecule has 0 aliphatic heterocycles. The summed E-state index contributed by atoms with van der Waals surface area (Å²) in [5.74, 6) is 2.45. The van der Waals surface area contributed by atoms with Crippen LogP contribution in [0.3, 0.4) is 0 Å². The number of benzene rings is 1. The molecule has 0 radical (unpaired) electrons. The van der Waals surface area contributed by atoms with Gasteiger partial charge in [-0.2, -0.15) is 5.26 Å². The molecule has 1 nitrogen and oxygen atoms in total. The highest BCUT2D eigenvalue weighted by molar-refractivity contribution is 5.62. The molecule has 1 aromatic rings. The van der Waals surface area contributed by atoms with Gasteiger partial charge < -0.3 is 0 Å². The standard InChI is InChI=1S/C11H7N/c1-3-9-6-5-7-10(4-2)11(9)8-12/h1,4-7H,2H2. The van der Waals surface area contributed by atoms with Gasteiger partial charge in [-0.25, -0.2) is 0 Å². The van der Waals surface area contributed by atoms with Crippen LogP contribution in [0.4, 0.5) is 0 Å². The Kier molecular flexibility index (Phi) is 2.31. The normalized spacial score (nSPS) is 8.17. The molecule has 0 amide bonds. The summed E-state index contributed by atoms with van der Waals surface area (Å²) in [6.45, 7) is 3.60. The van der Waals surface area contributed by atoms with E-state index in [9.17, 15) is 0 Å². The Labute approximate surface area is 72.0 Å². The van der Waals surface area contributed by atoms with Crippen LogP contribution >= 0.6 is 0 Å². The molecule has 0 aliphatic carbocycles. The van der Waals surface area contributed by atoms with Gasteiger partial charge in [0.25, 0.3) is 0 Å². The van der Waals surface area contributed by atoms with Crippen LogP contribution in [0.2, 0.25) is 0 Å². The monoisotopic (exact) mass is 153 g/mol. The molecule has 56 valence electrons. The maximum Gasteiger partial charge on any atom is 0.101 e. The third-order valence-electron chi connectivity index (χ3n) is 1.58. The molecule has 0 atom stereocenters. The number of nitriles is 1. The molecule has 0 spiro atoms. The van der Waals surface area contributed by atoms with Crippen LogP contribution in [0.5, 0.6) is 0 Å². The van der Waals surface area contributed by atoms with E-state index in [0.29, 0.717) is 11.1 Å². The van der Waals surface area contributed by atoms with Gasteiger partial charge in [0, 0.05) is 5.56 Å². The van der Waals surface area contributed by atoms with Crippen LogP contribution in [-0.2, 0) is 0 Å². The second-order valence-electron chi connectivity index (χ2n) is 2.23. The van der Waals surface area contributed by atoms with Crippen molar-refractivity contribution in [2.45, 2.75) is 0 Å². The fourth-order valence-corrected chi connectivity index (χ4v) is 0.985. The van der Waals surface area contributed by atoms with E-state index in [1.54, 1.807) is 12.1 Å². The molecule has 0 saturated carbocycles. The van der Waals surface area contributed by atoms with Gasteiger partial charge in [0.15, 0.2) is 0 Å². The van der Waals surface area contributed by atoms with Crippen molar-refractivity contribution in [3.8, 4) is 18.4 Å². The number of rotatable bonds is 1. The predicted molar refractivity (Wildman–Crippen MR) is 49.2 cm³/mol. The molecule has 12 heavy (non-hydrogen) atoms. The van der Waals surface area contributed by atoms with E-state index in [1.165, 1.54) is 0 Å². The largest absolute Gasteiger partial charge is 0.192 e. The Hall–Kier alpha value is -1.99. The van der Waals surface area contributed by atoms with Crippen molar-refractivity contribution in [2.75, 3.05) is 0 Å². The molecule has 0 heterocycles. The van der Waals surface area contributed by atoms with Gasteiger partial charge in [-0.1, -0.05) is 30.7 Å². The maximum atomic E-state index is 8.77. The molecule has 0 aromatic heterocycles. The molecule has 1 heteroatoms.